The number of aromatic nitrogens is 2. The molecular formula is C35H23N2PS. The van der Waals surface area contributed by atoms with Crippen molar-refractivity contribution in [3.8, 4) is 0 Å². The Bertz CT molecular complexity index is 2270. The summed E-state index contributed by atoms with van der Waals surface area (Å²) >= 11 is 6.93. The van der Waals surface area contributed by atoms with Gasteiger partial charge in [0, 0.05) is 22.1 Å². The summed E-state index contributed by atoms with van der Waals surface area (Å²) in [5.41, 5.74) is 4.22. The van der Waals surface area contributed by atoms with Crippen LogP contribution in [-0.2, 0) is 11.8 Å². The SMILES string of the molecule is S=P(c1ccccc1)(c1ccc2ccccc2c1)c1cccc2c3ccccc3n3c4ccccc4nc3c12. The van der Waals surface area contributed by atoms with Crippen LogP contribution in [0.4, 0.5) is 0 Å². The average Bonchev–Trinajstić information content (AvgIpc) is 3.41. The Hall–Kier alpha value is -4.30. The van der Waals surface area contributed by atoms with Crippen LogP contribution in [0.2, 0.25) is 0 Å². The van der Waals surface area contributed by atoms with Crippen molar-refractivity contribution in [3.63, 3.8) is 0 Å². The standard InChI is InChI=1S/C35H23N2PS/c39-38(26-13-2-1-3-14-26,27-22-21-24-11-4-5-12-25(24)23-27)33-20-10-16-29-28-15-6-8-18-31(28)37-32-19-9-7-17-30(32)36-35(37)34(29)33/h1-23H. The lowest BCUT2D eigenvalue weighted by atomic mass is 10.1. The van der Waals surface area contributed by atoms with E-state index in [-0.39, 0.29) is 0 Å². The van der Waals surface area contributed by atoms with Crippen molar-refractivity contribution >= 4 is 82.9 Å². The van der Waals surface area contributed by atoms with Gasteiger partial charge in [-0.1, -0.05) is 127 Å². The van der Waals surface area contributed by atoms with Gasteiger partial charge in [0.2, 0.25) is 0 Å². The highest BCUT2D eigenvalue weighted by Gasteiger charge is 2.29. The fourth-order valence-electron chi connectivity index (χ4n) is 6.03. The van der Waals surface area contributed by atoms with Gasteiger partial charge in [0.1, 0.15) is 5.65 Å². The van der Waals surface area contributed by atoms with E-state index in [1.165, 1.54) is 37.5 Å². The largest absolute Gasteiger partial charge is 0.292 e. The Labute approximate surface area is 231 Å². The quantitative estimate of drug-likeness (QED) is 0.171. The zero-order valence-electron chi connectivity index (χ0n) is 21.0. The molecule has 0 aliphatic carbocycles. The lowest BCUT2D eigenvalue weighted by Crippen LogP contribution is -2.25. The number of rotatable bonds is 3. The minimum absolute atomic E-state index is 0.964. The van der Waals surface area contributed by atoms with Crippen LogP contribution in [0.25, 0.3) is 49.1 Å². The Balaban J connectivity index is 1.59. The van der Waals surface area contributed by atoms with Crippen LogP contribution in [0, 0.1) is 0 Å². The molecule has 0 spiro atoms. The molecule has 39 heavy (non-hydrogen) atoms. The molecule has 0 radical (unpaired) electrons. The number of imidazole rings is 1. The molecular weight excluding hydrogens is 511 g/mol. The number of hydrogen-bond donors (Lipinski definition) is 0. The van der Waals surface area contributed by atoms with Crippen LogP contribution in [0.1, 0.15) is 0 Å². The van der Waals surface area contributed by atoms with Crippen molar-refractivity contribution in [2.24, 2.45) is 0 Å². The zero-order valence-corrected chi connectivity index (χ0v) is 22.7. The lowest BCUT2D eigenvalue weighted by Gasteiger charge is -2.26. The molecule has 2 aromatic heterocycles. The van der Waals surface area contributed by atoms with Crippen molar-refractivity contribution in [1.82, 2.24) is 9.38 Å². The summed E-state index contributed by atoms with van der Waals surface area (Å²) in [4.78, 5) is 5.24. The maximum absolute atomic E-state index is 6.93. The van der Waals surface area contributed by atoms with Gasteiger partial charge >= 0.3 is 0 Å². The van der Waals surface area contributed by atoms with Crippen LogP contribution in [0.3, 0.4) is 0 Å². The molecule has 8 rings (SSSR count). The fourth-order valence-corrected chi connectivity index (χ4v) is 10.1. The number of benzene rings is 6. The number of pyridine rings is 1. The van der Waals surface area contributed by atoms with Crippen molar-refractivity contribution in [3.05, 3.63) is 140 Å². The van der Waals surface area contributed by atoms with Gasteiger partial charge in [0.15, 0.2) is 0 Å². The second kappa shape index (κ2) is 8.61. The van der Waals surface area contributed by atoms with Gasteiger partial charge in [0.05, 0.1) is 16.6 Å². The molecule has 0 aliphatic heterocycles. The molecule has 0 amide bonds. The van der Waals surface area contributed by atoms with Crippen LogP contribution >= 0.6 is 6.04 Å². The fraction of sp³-hybridized carbons (Fsp3) is 0. The summed E-state index contributed by atoms with van der Waals surface area (Å²) in [7, 11) is 0. The number of nitrogens with zero attached hydrogens (tertiary/aromatic N) is 2. The van der Waals surface area contributed by atoms with Crippen LogP contribution < -0.4 is 15.9 Å². The molecule has 8 aromatic rings. The van der Waals surface area contributed by atoms with Gasteiger partial charge in [-0.3, -0.25) is 4.40 Å². The first-order valence-electron chi connectivity index (χ1n) is 13.1. The Morgan fingerprint density at radius 2 is 1.23 bits per heavy atom. The van der Waals surface area contributed by atoms with Gasteiger partial charge in [-0.15, -0.1) is 0 Å². The molecule has 184 valence electrons. The first-order chi connectivity index (χ1) is 19.2. The number of hydrogen-bond acceptors (Lipinski definition) is 2. The van der Waals surface area contributed by atoms with Gasteiger partial charge in [-0.05, 0) is 51.0 Å². The Morgan fingerprint density at radius 1 is 0.538 bits per heavy atom. The van der Waals surface area contributed by atoms with Crippen LogP contribution in [0.15, 0.2) is 140 Å². The topological polar surface area (TPSA) is 17.3 Å². The van der Waals surface area contributed by atoms with Gasteiger partial charge in [-0.2, -0.15) is 0 Å². The third-order valence-electron chi connectivity index (χ3n) is 7.82. The first-order valence-corrected chi connectivity index (χ1v) is 15.9. The molecule has 2 nitrogen and oxygen atoms in total. The summed E-state index contributed by atoms with van der Waals surface area (Å²) < 4.78 is 2.32. The Morgan fingerprint density at radius 3 is 2.10 bits per heavy atom. The monoisotopic (exact) mass is 534 g/mol. The highest BCUT2D eigenvalue weighted by molar-refractivity contribution is 8.25. The minimum Gasteiger partial charge on any atom is -0.292 e. The molecule has 1 atom stereocenters. The summed E-state index contributed by atoms with van der Waals surface area (Å²) in [6.07, 6.45) is 0. The first kappa shape index (κ1) is 22.7. The molecule has 6 aromatic carbocycles. The zero-order chi connectivity index (χ0) is 26.0. The second-order valence-corrected chi connectivity index (χ2v) is 14.3. The third kappa shape index (κ3) is 3.27. The van der Waals surface area contributed by atoms with E-state index < -0.39 is 6.04 Å². The van der Waals surface area contributed by atoms with E-state index in [0.717, 1.165) is 27.6 Å². The van der Waals surface area contributed by atoms with E-state index >= 15 is 0 Å². The van der Waals surface area contributed by atoms with Gasteiger partial charge in [-0.25, -0.2) is 4.98 Å². The normalized spacial score (nSPS) is 13.4. The second-order valence-electron chi connectivity index (χ2n) is 9.95. The summed E-state index contributed by atoms with van der Waals surface area (Å²) in [5, 5.41) is 9.54. The van der Waals surface area contributed by atoms with E-state index in [1.807, 2.05) is 0 Å². The maximum Gasteiger partial charge on any atom is 0.147 e. The Kier molecular flexibility index (Phi) is 5.00. The maximum atomic E-state index is 6.93. The smallest absolute Gasteiger partial charge is 0.147 e. The molecule has 0 saturated carbocycles. The van der Waals surface area contributed by atoms with Gasteiger partial charge in [0.25, 0.3) is 0 Å². The van der Waals surface area contributed by atoms with Gasteiger partial charge < -0.3 is 0 Å². The van der Waals surface area contributed by atoms with Crippen molar-refractivity contribution in [2.45, 2.75) is 0 Å². The minimum atomic E-state index is -2.47. The molecule has 0 N–H and O–H groups in total. The molecule has 0 aliphatic rings. The predicted molar refractivity (Wildman–Crippen MR) is 171 cm³/mol. The third-order valence-corrected chi connectivity index (χ3v) is 12.8. The highest BCUT2D eigenvalue weighted by Crippen LogP contribution is 2.47. The molecule has 0 fully saturated rings. The number of fused-ring (bicyclic) bond motifs is 9. The summed E-state index contributed by atoms with van der Waals surface area (Å²) in [6, 6.07) is 47.2. The van der Waals surface area contributed by atoms with E-state index in [9.17, 15) is 0 Å². The van der Waals surface area contributed by atoms with Crippen LogP contribution in [-0.4, -0.2) is 9.38 Å². The van der Waals surface area contributed by atoms with E-state index in [4.69, 9.17) is 16.8 Å². The van der Waals surface area contributed by atoms with Crippen LogP contribution in [0.5, 0.6) is 0 Å². The predicted octanol–water partition coefficient (Wildman–Crippen LogP) is 7.70. The summed E-state index contributed by atoms with van der Waals surface area (Å²) in [5.74, 6) is 0. The molecule has 2 heterocycles. The molecule has 1 unspecified atom stereocenters. The highest BCUT2D eigenvalue weighted by atomic mass is 32.4. The molecule has 4 heteroatoms. The van der Waals surface area contributed by atoms with Crippen molar-refractivity contribution in [2.75, 3.05) is 0 Å². The van der Waals surface area contributed by atoms with E-state index in [2.05, 4.69) is 144 Å². The molecule has 0 bridgehead atoms. The average molecular weight is 535 g/mol. The van der Waals surface area contributed by atoms with Crippen molar-refractivity contribution < 1.29 is 0 Å². The number of para-hydroxylation sites is 3. The summed E-state index contributed by atoms with van der Waals surface area (Å²) in [6.45, 7) is 0. The molecule has 0 saturated heterocycles. The van der Waals surface area contributed by atoms with E-state index in [0.29, 0.717) is 0 Å². The van der Waals surface area contributed by atoms with Crippen molar-refractivity contribution in [1.29, 1.82) is 0 Å². The lowest BCUT2D eigenvalue weighted by molar-refractivity contribution is 1.32. The van der Waals surface area contributed by atoms with E-state index in [1.54, 1.807) is 0 Å².